The van der Waals surface area contributed by atoms with Gasteiger partial charge in [0.1, 0.15) is 0 Å². The second-order valence-corrected chi connectivity index (χ2v) is 5.64. The van der Waals surface area contributed by atoms with Gasteiger partial charge in [0.25, 0.3) is 0 Å². The summed E-state index contributed by atoms with van der Waals surface area (Å²) in [5, 5.41) is 8.86. The van der Waals surface area contributed by atoms with Gasteiger partial charge in [0.15, 0.2) is 0 Å². The molecule has 1 fully saturated rings. The highest BCUT2D eigenvalue weighted by Gasteiger charge is 2.14. The van der Waals surface area contributed by atoms with Crippen molar-refractivity contribution in [1.29, 1.82) is 5.26 Å². The summed E-state index contributed by atoms with van der Waals surface area (Å²) in [4.78, 5) is 1.31. The van der Waals surface area contributed by atoms with E-state index in [2.05, 4.69) is 18.2 Å². The third kappa shape index (κ3) is 2.80. The molecule has 1 aliphatic rings. The predicted molar refractivity (Wildman–Crippen MR) is 68.6 cm³/mol. The summed E-state index contributed by atoms with van der Waals surface area (Å²) in [6.07, 6.45) is 5.64. The van der Waals surface area contributed by atoms with Crippen LogP contribution in [0.3, 0.4) is 0 Å². The van der Waals surface area contributed by atoms with Crippen molar-refractivity contribution < 1.29 is 0 Å². The number of hydrogen-bond acceptors (Lipinski definition) is 2. The lowest BCUT2D eigenvalue weighted by atomic mass is 10.1. The number of aryl methyl sites for hydroxylation is 1. The number of thioether (sulfide) groups is 1. The zero-order valence-corrected chi connectivity index (χ0v) is 10.5. The van der Waals surface area contributed by atoms with E-state index in [0.29, 0.717) is 0 Å². The molecule has 1 aromatic carbocycles. The Hall–Kier alpha value is -0.940. The number of rotatable bonds is 3. The lowest BCUT2D eigenvalue weighted by molar-refractivity contribution is 0.623. The molecule has 16 heavy (non-hydrogen) atoms. The van der Waals surface area contributed by atoms with Gasteiger partial charge in [-0.3, -0.25) is 0 Å². The van der Waals surface area contributed by atoms with E-state index in [-0.39, 0.29) is 0 Å². The van der Waals surface area contributed by atoms with Gasteiger partial charge in [-0.05, 0) is 49.4 Å². The summed E-state index contributed by atoms with van der Waals surface area (Å²) in [6, 6.07) is 8.36. The fourth-order valence-electron chi connectivity index (χ4n) is 2.24. The molecule has 2 heteroatoms. The normalized spacial score (nSPS) is 16.2. The van der Waals surface area contributed by atoms with E-state index in [1.165, 1.54) is 36.3 Å². The minimum Gasteiger partial charge on any atom is -0.192 e. The van der Waals surface area contributed by atoms with Crippen LogP contribution < -0.4 is 0 Å². The van der Waals surface area contributed by atoms with Crippen LogP contribution in [0.5, 0.6) is 0 Å². The molecule has 0 aromatic heterocycles. The molecular formula is C14H17NS. The van der Waals surface area contributed by atoms with Gasteiger partial charge in [0.2, 0.25) is 0 Å². The Kier molecular flexibility index (Phi) is 3.90. The van der Waals surface area contributed by atoms with Crippen LogP contribution in [0.25, 0.3) is 0 Å². The molecule has 0 amide bonds. The fourth-order valence-corrected chi connectivity index (χ4v) is 3.43. The Labute approximate surface area is 102 Å². The minimum absolute atomic E-state index is 0.796. The van der Waals surface area contributed by atoms with E-state index in [0.717, 1.165) is 17.0 Å². The number of benzene rings is 1. The van der Waals surface area contributed by atoms with Crippen molar-refractivity contribution >= 4 is 11.8 Å². The third-order valence-electron chi connectivity index (χ3n) is 3.28. The van der Waals surface area contributed by atoms with Crippen molar-refractivity contribution in [1.82, 2.24) is 0 Å². The lowest BCUT2D eigenvalue weighted by Crippen LogP contribution is -1.96. The SMILES string of the molecule is Cc1cc(SCC2CCCC2)ccc1C#N. The molecule has 0 N–H and O–H groups in total. The molecule has 0 unspecified atom stereocenters. The van der Waals surface area contributed by atoms with Gasteiger partial charge in [-0.2, -0.15) is 5.26 Å². The Morgan fingerprint density at radius 2 is 2.12 bits per heavy atom. The van der Waals surface area contributed by atoms with Crippen molar-refractivity contribution in [2.75, 3.05) is 5.75 Å². The average molecular weight is 231 g/mol. The molecule has 1 nitrogen and oxygen atoms in total. The highest BCUT2D eigenvalue weighted by Crippen LogP contribution is 2.31. The monoisotopic (exact) mass is 231 g/mol. The molecule has 1 aliphatic carbocycles. The Morgan fingerprint density at radius 1 is 1.38 bits per heavy atom. The maximum absolute atomic E-state index is 8.86. The van der Waals surface area contributed by atoms with Crippen molar-refractivity contribution in [3.8, 4) is 6.07 Å². The van der Waals surface area contributed by atoms with E-state index in [9.17, 15) is 0 Å². The molecule has 0 saturated heterocycles. The first-order valence-electron chi connectivity index (χ1n) is 5.93. The maximum atomic E-state index is 8.86. The van der Waals surface area contributed by atoms with Crippen molar-refractivity contribution in [3.05, 3.63) is 29.3 Å². The van der Waals surface area contributed by atoms with Gasteiger partial charge < -0.3 is 0 Å². The predicted octanol–water partition coefficient (Wildman–Crippen LogP) is 4.15. The molecule has 84 valence electrons. The van der Waals surface area contributed by atoms with Gasteiger partial charge in [-0.25, -0.2) is 0 Å². The topological polar surface area (TPSA) is 23.8 Å². The first-order valence-corrected chi connectivity index (χ1v) is 6.91. The lowest BCUT2D eigenvalue weighted by Gasteiger charge is -2.08. The quantitative estimate of drug-likeness (QED) is 0.730. The average Bonchev–Trinajstić information content (AvgIpc) is 2.79. The molecular weight excluding hydrogens is 214 g/mol. The van der Waals surface area contributed by atoms with Crippen LogP contribution >= 0.6 is 11.8 Å². The van der Waals surface area contributed by atoms with Crippen LogP contribution in [-0.4, -0.2) is 5.75 Å². The molecule has 1 aromatic rings. The van der Waals surface area contributed by atoms with Crippen LogP contribution in [0.15, 0.2) is 23.1 Å². The van der Waals surface area contributed by atoms with E-state index in [1.54, 1.807) is 0 Å². The molecule has 0 spiro atoms. The number of hydrogen-bond donors (Lipinski definition) is 0. The summed E-state index contributed by atoms with van der Waals surface area (Å²) in [5.41, 5.74) is 1.89. The largest absolute Gasteiger partial charge is 0.192 e. The van der Waals surface area contributed by atoms with Crippen molar-refractivity contribution in [3.63, 3.8) is 0 Å². The highest BCUT2D eigenvalue weighted by atomic mass is 32.2. The summed E-state index contributed by atoms with van der Waals surface area (Å²) >= 11 is 1.94. The minimum atomic E-state index is 0.796. The van der Waals surface area contributed by atoms with Crippen LogP contribution in [0.4, 0.5) is 0 Å². The molecule has 0 radical (unpaired) electrons. The molecule has 1 saturated carbocycles. The van der Waals surface area contributed by atoms with Gasteiger partial charge in [0, 0.05) is 10.6 Å². The van der Waals surface area contributed by atoms with E-state index in [4.69, 9.17) is 5.26 Å². The van der Waals surface area contributed by atoms with Crippen molar-refractivity contribution in [2.24, 2.45) is 5.92 Å². The van der Waals surface area contributed by atoms with E-state index in [1.807, 2.05) is 24.8 Å². The summed E-state index contributed by atoms with van der Waals surface area (Å²) in [6.45, 7) is 2.01. The highest BCUT2D eigenvalue weighted by molar-refractivity contribution is 7.99. The Morgan fingerprint density at radius 3 is 2.75 bits per heavy atom. The van der Waals surface area contributed by atoms with Gasteiger partial charge in [-0.1, -0.05) is 12.8 Å². The van der Waals surface area contributed by atoms with Crippen LogP contribution in [-0.2, 0) is 0 Å². The Bertz CT molecular complexity index is 400. The molecule has 0 atom stereocenters. The first-order chi connectivity index (χ1) is 7.79. The zero-order chi connectivity index (χ0) is 11.4. The van der Waals surface area contributed by atoms with Gasteiger partial charge in [-0.15, -0.1) is 11.8 Å². The molecule has 2 rings (SSSR count). The summed E-state index contributed by atoms with van der Waals surface area (Å²) < 4.78 is 0. The summed E-state index contributed by atoms with van der Waals surface area (Å²) in [7, 11) is 0. The number of nitrogens with zero attached hydrogens (tertiary/aromatic N) is 1. The molecule has 0 heterocycles. The van der Waals surface area contributed by atoms with Crippen LogP contribution in [0, 0.1) is 24.2 Å². The first kappa shape index (κ1) is 11.5. The molecule has 0 aliphatic heterocycles. The fraction of sp³-hybridized carbons (Fsp3) is 0.500. The van der Waals surface area contributed by atoms with Crippen LogP contribution in [0.2, 0.25) is 0 Å². The third-order valence-corrected chi connectivity index (χ3v) is 4.50. The Balaban J connectivity index is 1.94. The van der Waals surface area contributed by atoms with E-state index < -0.39 is 0 Å². The van der Waals surface area contributed by atoms with Gasteiger partial charge >= 0.3 is 0 Å². The van der Waals surface area contributed by atoms with Crippen LogP contribution in [0.1, 0.15) is 36.8 Å². The van der Waals surface area contributed by atoms with Gasteiger partial charge in [0.05, 0.1) is 11.6 Å². The standard InChI is InChI=1S/C14H17NS/c1-11-8-14(7-6-13(11)9-15)16-10-12-4-2-3-5-12/h6-8,12H,2-5,10H2,1H3. The van der Waals surface area contributed by atoms with Crippen molar-refractivity contribution in [2.45, 2.75) is 37.5 Å². The molecule has 0 bridgehead atoms. The second kappa shape index (κ2) is 5.41. The zero-order valence-electron chi connectivity index (χ0n) is 9.70. The summed E-state index contributed by atoms with van der Waals surface area (Å²) in [5.74, 6) is 2.16. The maximum Gasteiger partial charge on any atom is 0.0994 e. The second-order valence-electron chi connectivity index (χ2n) is 4.55. The van der Waals surface area contributed by atoms with E-state index >= 15 is 0 Å². The number of nitriles is 1. The smallest absolute Gasteiger partial charge is 0.0994 e.